The fourth-order valence-electron chi connectivity index (χ4n) is 6.63. The Morgan fingerprint density at radius 2 is 1.48 bits per heavy atom. The predicted octanol–water partition coefficient (Wildman–Crippen LogP) is 0.959. The van der Waals surface area contributed by atoms with Crippen LogP contribution in [0, 0.1) is 0 Å². The van der Waals surface area contributed by atoms with Gasteiger partial charge in [0.25, 0.3) is 5.91 Å². The Morgan fingerprint density at radius 1 is 0.774 bits per heavy atom. The van der Waals surface area contributed by atoms with Crippen LogP contribution in [0.25, 0.3) is 10.9 Å². The van der Waals surface area contributed by atoms with Crippen LogP contribution < -0.4 is 53.6 Å². The Kier molecular flexibility index (Phi) is 16.5. The van der Waals surface area contributed by atoms with Crippen molar-refractivity contribution in [3.05, 3.63) is 114 Å². The number of urea groups is 1. The van der Waals surface area contributed by atoms with Crippen LogP contribution in [0.15, 0.2) is 97.6 Å². The number of para-hydroxylation sites is 1. The number of ether oxygens (including phenoxy) is 1. The number of nitrogens with two attached hydrogens (primary N) is 3. The summed E-state index contributed by atoms with van der Waals surface area (Å²) in [5, 5.41) is 12.5. The highest BCUT2D eigenvalue weighted by atomic mass is 16.5. The Morgan fingerprint density at radius 3 is 2.19 bits per heavy atom. The molecule has 2 heterocycles. The van der Waals surface area contributed by atoms with E-state index in [0.717, 1.165) is 21.5 Å². The number of benzene rings is 3. The molecule has 5 atom stereocenters. The van der Waals surface area contributed by atoms with Crippen molar-refractivity contribution in [3.63, 3.8) is 0 Å². The zero-order valence-corrected chi connectivity index (χ0v) is 34.6. The van der Waals surface area contributed by atoms with Crippen LogP contribution in [-0.4, -0.2) is 94.4 Å². The van der Waals surface area contributed by atoms with Gasteiger partial charge in [0.2, 0.25) is 23.6 Å². The fraction of sp³-hybridized carbons (Fsp3) is 0.326. The molecule has 0 saturated carbocycles. The molecule has 328 valence electrons. The van der Waals surface area contributed by atoms with Gasteiger partial charge < -0.3 is 53.2 Å². The average Bonchev–Trinajstić information content (AvgIpc) is 3.94. The molecule has 2 aromatic heterocycles. The first-order valence-electron chi connectivity index (χ1n) is 20.1. The molecular weight excluding hydrogens is 797 g/mol. The second-order valence-electron chi connectivity index (χ2n) is 14.7. The van der Waals surface area contributed by atoms with Crippen molar-refractivity contribution in [3.8, 4) is 5.75 Å². The number of hydrogen-bond donors (Lipinski definition) is 10. The van der Waals surface area contributed by atoms with Crippen LogP contribution in [0.4, 0.5) is 10.5 Å². The van der Waals surface area contributed by atoms with Crippen LogP contribution in [0.2, 0.25) is 0 Å². The molecule has 0 radical (unpaired) electrons. The number of rotatable bonds is 21. The van der Waals surface area contributed by atoms with E-state index in [1.165, 1.54) is 32.5 Å². The Balaban J connectivity index is 1.36. The number of nitrogens with zero attached hydrogens (tertiary/aromatic N) is 2. The van der Waals surface area contributed by atoms with Gasteiger partial charge in [-0.2, -0.15) is 0 Å². The molecule has 19 heteroatoms. The van der Waals surface area contributed by atoms with Crippen molar-refractivity contribution in [2.45, 2.75) is 75.7 Å². The summed E-state index contributed by atoms with van der Waals surface area (Å²) in [6, 6.07) is 15.9. The first kappa shape index (κ1) is 45.8. The van der Waals surface area contributed by atoms with Gasteiger partial charge in [-0.1, -0.05) is 54.6 Å². The predicted molar refractivity (Wildman–Crippen MR) is 232 cm³/mol. The number of carbonyl (C=O) groups is 6. The number of amides is 7. The van der Waals surface area contributed by atoms with Gasteiger partial charge in [0.05, 0.1) is 25.2 Å². The molecule has 13 N–H and O–H groups in total. The third-order valence-electron chi connectivity index (χ3n) is 10.1. The van der Waals surface area contributed by atoms with Crippen molar-refractivity contribution in [2.24, 2.45) is 17.2 Å². The molecule has 5 aromatic rings. The first-order valence-corrected chi connectivity index (χ1v) is 20.1. The topological polar surface area (TPSA) is 298 Å². The van der Waals surface area contributed by atoms with E-state index in [4.69, 9.17) is 21.9 Å². The van der Waals surface area contributed by atoms with E-state index in [0.29, 0.717) is 36.4 Å². The van der Waals surface area contributed by atoms with E-state index in [-0.39, 0.29) is 31.4 Å². The molecule has 5 rings (SSSR count). The number of aromatic nitrogens is 3. The highest BCUT2D eigenvalue weighted by Crippen LogP contribution is 2.22. The lowest BCUT2D eigenvalue weighted by molar-refractivity contribution is -0.132. The molecule has 0 aliphatic rings. The van der Waals surface area contributed by atoms with E-state index in [9.17, 15) is 28.8 Å². The third-order valence-corrected chi connectivity index (χ3v) is 10.1. The maximum atomic E-state index is 14.3. The van der Waals surface area contributed by atoms with Gasteiger partial charge in [-0.05, 0) is 62.1 Å². The Bertz CT molecular complexity index is 2280. The van der Waals surface area contributed by atoms with E-state index in [1.807, 2.05) is 24.3 Å². The Labute approximate surface area is 358 Å². The lowest BCUT2D eigenvalue weighted by atomic mass is 10.0. The summed E-state index contributed by atoms with van der Waals surface area (Å²) in [5.74, 6) is -3.23. The van der Waals surface area contributed by atoms with Crippen LogP contribution in [-0.2, 0) is 43.2 Å². The minimum atomic E-state index is -1.28. The average molecular weight is 851 g/mol. The smallest absolute Gasteiger partial charge is 0.341 e. The number of hydrazine groups is 1. The molecule has 0 spiro atoms. The number of H-pyrrole nitrogens is 2. The number of aromatic amines is 2. The van der Waals surface area contributed by atoms with Gasteiger partial charge in [-0.15, -0.1) is 0 Å². The quantitative estimate of drug-likeness (QED) is 0.0369. The molecule has 0 aliphatic carbocycles. The highest BCUT2D eigenvalue weighted by Gasteiger charge is 2.32. The minimum absolute atomic E-state index is 0.00807. The largest absolute Gasteiger partial charge is 0.497 e. The summed E-state index contributed by atoms with van der Waals surface area (Å²) >= 11 is 0. The monoisotopic (exact) mass is 850 g/mol. The van der Waals surface area contributed by atoms with Crippen molar-refractivity contribution < 1.29 is 33.5 Å². The second kappa shape index (κ2) is 22.4. The van der Waals surface area contributed by atoms with Gasteiger partial charge in [0.1, 0.15) is 29.9 Å². The van der Waals surface area contributed by atoms with Crippen LogP contribution in [0.5, 0.6) is 5.75 Å². The van der Waals surface area contributed by atoms with Crippen LogP contribution in [0.1, 0.15) is 43.0 Å². The number of imidazole rings is 1. The number of nitrogens with one attached hydrogen (secondary N) is 7. The Hall–Kier alpha value is -7.25. The van der Waals surface area contributed by atoms with Gasteiger partial charge in [0.15, 0.2) is 0 Å². The van der Waals surface area contributed by atoms with E-state index in [2.05, 4.69) is 41.6 Å². The maximum absolute atomic E-state index is 14.3. The molecule has 3 aromatic carbocycles. The van der Waals surface area contributed by atoms with Crippen molar-refractivity contribution >= 4 is 52.2 Å². The summed E-state index contributed by atoms with van der Waals surface area (Å²) in [7, 11) is 1.43. The SMILES string of the molecule is COc1cccc(N(NC(=O)[C@H](C)NC(=O)[C@@H](Cc2c[nH]c3ccccc23)NC(=O)[C@@H](N)Cc2cnc[nH]2)C(=O)N[C@H](Cc2ccccc2)C(=O)N[C@@H](CCCCN)C(N)=O)c1. The molecule has 0 saturated heterocycles. The second-order valence-corrected chi connectivity index (χ2v) is 14.7. The summed E-state index contributed by atoms with van der Waals surface area (Å²) in [6.45, 7) is 1.80. The van der Waals surface area contributed by atoms with E-state index >= 15 is 0 Å². The number of fused-ring (bicyclic) bond motifs is 1. The number of methoxy groups -OCH3 is 1. The molecular formula is C43H54N12O7. The van der Waals surface area contributed by atoms with Gasteiger partial charge in [-0.25, -0.2) is 14.8 Å². The van der Waals surface area contributed by atoms with Crippen LogP contribution in [0.3, 0.4) is 0 Å². The molecule has 0 bridgehead atoms. The van der Waals surface area contributed by atoms with E-state index in [1.54, 1.807) is 54.9 Å². The fourth-order valence-corrected chi connectivity index (χ4v) is 6.63. The summed E-state index contributed by atoms with van der Waals surface area (Å²) in [6.07, 6.45) is 6.30. The summed E-state index contributed by atoms with van der Waals surface area (Å²) in [5.41, 5.74) is 23.0. The lowest BCUT2D eigenvalue weighted by Gasteiger charge is -2.29. The standard InChI is InChI=1S/C43H54N12O7/c1-26(50-41(59)37(20-28-23-48-34-16-7-6-15-32(28)34)52-40(58)33(45)21-29-24-47-25-49-29)39(57)54-55(30-13-10-14-31(22-30)62-2)43(61)53-36(19-27-11-4-3-5-12-27)42(60)51-35(38(46)56)17-8-9-18-44/h3-7,10-16,22-26,33,35-37,48H,8-9,17-21,44-45H2,1-2H3,(H2,46,56)(H,47,49)(H,50,59)(H,51,60)(H,52,58)(H,53,61)(H,54,57)/t26-,33-,35-,36+,37+/m0/s1. The molecule has 19 nitrogen and oxygen atoms in total. The third kappa shape index (κ3) is 12.9. The maximum Gasteiger partial charge on any atom is 0.341 e. The number of hydrogen-bond acceptors (Lipinski definition) is 10. The summed E-state index contributed by atoms with van der Waals surface area (Å²) in [4.78, 5) is 91.8. The van der Waals surface area contributed by atoms with Crippen molar-refractivity contribution in [1.82, 2.24) is 41.6 Å². The van der Waals surface area contributed by atoms with Crippen molar-refractivity contribution in [1.29, 1.82) is 0 Å². The molecule has 0 aliphatic heterocycles. The number of primary amides is 1. The first-order chi connectivity index (χ1) is 29.9. The molecule has 7 amide bonds. The summed E-state index contributed by atoms with van der Waals surface area (Å²) < 4.78 is 5.37. The highest BCUT2D eigenvalue weighted by molar-refractivity contribution is 6.00. The number of unbranched alkanes of at least 4 members (excludes halogenated alkanes) is 1. The number of anilines is 1. The lowest BCUT2D eigenvalue weighted by Crippen LogP contribution is -2.61. The van der Waals surface area contributed by atoms with Gasteiger partial charge in [0, 0.05) is 54.3 Å². The van der Waals surface area contributed by atoms with Crippen LogP contribution >= 0.6 is 0 Å². The number of carbonyl (C=O) groups excluding carboxylic acids is 6. The van der Waals surface area contributed by atoms with Crippen molar-refractivity contribution in [2.75, 3.05) is 18.7 Å². The normalized spacial score (nSPS) is 13.4. The van der Waals surface area contributed by atoms with Gasteiger partial charge >= 0.3 is 6.03 Å². The molecule has 0 unspecified atom stereocenters. The molecule has 62 heavy (non-hydrogen) atoms. The minimum Gasteiger partial charge on any atom is -0.497 e. The zero-order chi connectivity index (χ0) is 44.6. The molecule has 0 fully saturated rings. The van der Waals surface area contributed by atoms with Gasteiger partial charge in [-0.3, -0.25) is 29.4 Å². The van der Waals surface area contributed by atoms with E-state index < -0.39 is 65.8 Å². The zero-order valence-electron chi connectivity index (χ0n) is 34.6.